The third-order valence-electron chi connectivity index (χ3n) is 5.28. The Hall–Kier alpha value is -3.88. The molecule has 1 aliphatic heterocycles. The number of rotatable bonds is 3. The van der Waals surface area contributed by atoms with Gasteiger partial charge in [0, 0.05) is 32.3 Å². The molecule has 0 spiro atoms. The van der Waals surface area contributed by atoms with Gasteiger partial charge < -0.3 is 4.90 Å². The van der Waals surface area contributed by atoms with E-state index < -0.39 is 5.82 Å². The zero-order chi connectivity index (χ0) is 20.7. The highest BCUT2D eigenvalue weighted by Crippen LogP contribution is 2.33. The van der Waals surface area contributed by atoms with E-state index in [1.165, 1.54) is 17.7 Å². The van der Waals surface area contributed by atoms with Crippen LogP contribution in [0.2, 0.25) is 0 Å². The Balaban J connectivity index is 1.46. The van der Waals surface area contributed by atoms with E-state index in [9.17, 15) is 9.18 Å². The maximum Gasteiger partial charge on any atom is 0.295 e. The molecule has 1 unspecified atom stereocenters. The second-order valence-electron chi connectivity index (χ2n) is 7.24. The number of amides is 1. The van der Waals surface area contributed by atoms with Crippen LogP contribution in [-0.2, 0) is 13.6 Å². The van der Waals surface area contributed by atoms with E-state index in [1.807, 2.05) is 37.6 Å². The highest BCUT2D eigenvalue weighted by Gasteiger charge is 2.32. The van der Waals surface area contributed by atoms with Gasteiger partial charge in [0.2, 0.25) is 0 Å². The standard InChI is InChI=1S/C21H18FN7O/c1-27-11-15(10-23-27)17-13-28(12-14-6-2-3-7-16(14)17)21(30)20-24-26-29(25-20)19-9-5-4-8-18(19)22/h2-11,17H,12-13H2,1H3. The third kappa shape index (κ3) is 3.14. The Kier molecular flexibility index (Phi) is 4.35. The summed E-state index contributed by atoms with van der Waals surface area (Å²) in [5, 5.41) is 16.1. The number of nitrogens with zero attached hydrogens (tertiary/aromatic N) is 7. The Morgan fingerprint density at radius 2 is 1.93 bits per heavy atom. The van der Waals surface area contributed by atoms with Gasteiger partial charge in [0.1, 0.15) is 5.69 Å². The number of hydrogen-bond donors (Lipinski definition) is 0. The van der Waals surface area contributed by atoms with Crippen LogP contribution in [0.15, 0.2) is 60.9 Å². The van der Waals surface area contributed by atoms with Crippen molar-refractivity contribution in [3.63, 3.8) is 0 Å². The summed E-state index contributed by atoms with van der Waals surface area (Å²) in [5.41, 5.74) is 3.41. The number of fused-ring (bicyclic) bond motifs is 1. The van der Waals surface area contributed by atoms with Gasteiger partial charge in [0.05, 0.1) is 6.20 Å². The van der Waals surface area contributed by atoms with Crippen molar-refractivity contribution in [2.24, 2.45) is 7.05 Å². The summed E-state index contributed by atoms with van der Waals surface area (Å²) in [7, 11) is 1.87. The lowest BCUT2D eigenvalue weighted by atomic mass is 9.86. The fraction of sp³-hybridized carbons (Fsp3) is 0.190. The number of tetrazole rings is 1. The smallest absolute Gasteiger partial charge is 0.295 e. The number of aromatic nitrogens is 6. The van der Waals surface area contributed by atoms with Crippen LogP contribution < -0.4 is 0 Å². The number of hydrogen-bond acceptors (Lipinski definition) is 5. The molecule has 0 aliphatic carbocycles. The molecule has 0 fully saturated rings. The van der Waals surface area contributed by atoms with Crippen molar-refractivity contribution >= 4 is 5.91 Å². The lowest BCUT2D eigenvalue weighted by molar-refractivity contribution is 0.0712. The maximum atomic E-state index is 14.0. The molecule has 4 aromatic rings. The van der Waals surface area contributed by atoms with E-state index in [0.29, 0.717) is 13.1 Å². The van der Waals surface area contributed by atoms with Gasteiger partial charge in [0.15, 0.2) is 5.82 Å². The van der Waals surface area contributed by atoms with Gasteiger partial charge in [0.25, 0.3) is 11.7 Å². The first kappa shape index (κ1) is 18.2. The predicted octanol–water partition coefficient (Wildman–Crippen LogP) is 2.32. The maximum absolute atomic E-state index is 14.0. The lowest BCUT2D eigenvalue weighted by Gasteiger charge is -2.33. The molecule has 0 bridgehead atoms. The van der Waals surface area contributed by atoms with E-state index >= 15 is 0 Å². The van der Waals surface area contributed by atoms with Gasteiger partial charge in [-0.3, -0.25) is 9.48 Å². The van der Waals surface area contributed by atoms with Crippen molar-refractivity contribution in [2.75, 3.05) is 6.54 Å². The molecular formula is C21H18FN7O. The highest BCUT2D eigenvalue weighted by atomic mass is 19.1. The van der Waals surface area contributed by atoms with Crippen molar-refractivity contribution in [1.82, 2.24) is 34.9 Å². The quantitative estimate of drug-likeness (QED) is 0.524. The zero-order valence-corrected chi connectivity index (χ0v) is 16.2. The number of benzene rings is 2. The molecule has 0 radical (unpaired) electrons. The largest absolute Gasteiger partial charge is 0.331 e. The summed E-state index contributed by atoms with van der Waals surface area (Å²) in [4.78, 5) is 15.9. The molecule has 9 heteroatoms. The van der Waals surface area contributed by atoms with Gasteiger partial charge in [-0.1, -0.05) is 36.4 Å². The third-order valence-corrected chi connectivity index (χ3v) is 5.28. The fourth-order valence-corrected chi connectivity index (χ4v) is 3.82. The van der Waals surface area contributed by atoms with Crippen molar-refractivity contribution < 1.29 is 9.18 Å². The fourth-order valence-electron chi connectivity index (χ4n) is 3.82. The number of carbonyl (C=O) groups excluding carboxylic acids is 1. The minimum absolute atomic E-state index is 0.00536. The summed E-state index contributed by atoms with van der Waals surface area (Å²) < 4.78 is 15.8. The number of halogens is 1. The lowest BCUT2D eigenvalue weighted by Crippen LogP contribution is -2.39. The van der Waals surface area contributed by atoms with Crippen LogP contribution in [-0.4, -0.2) is 47.3 Å². The van der Waals surface area contributed by atoms with E-state index in [2.05, 4.69) is 26.6 Å². The SMILES string of the molecule is Cn1cc(C2CN(C(=O)c3nnn(-c4ccccc4F)n3)Cc3ccccc32)cn1. The molecule has 150 valence electrons. The molecule has 3 heterocycles. The van der Waals surface area contributed by atoms with Gasteiger partial charge >= 0.3 is 0 Å². The van der Waals surface area contributed by atoms with Crippen LogP contribution in [0.25, 0.3) is 5.69 Å². The summed E-state index contributed by atoms with van der Waals surface area (Å²) >= 11 is 0. The molecule has 0 saturated carbocycles. The Labute approximate surface area is 171 Å². The van der Waals surface area contributed by atoms with Crippen molar-refractivity contribution in [2.45, 2.75) is 12.5 Å². The first-order chi connectivity index (χ1) is 14.6. The summed E-state index contributed by atoms with van der Waals surface area (Å²) in [6.07, 6.45) is 3.78. The first-order valence-electron chi connectivity index (χ1n) is 9.50. The van der Waals surface area contributed by atoms with Crippen LogP contribution in [0, 0.1) is 5.82 Å². The van der Waals surface area contributed by atoms with Crippen molar-refractivity contribution in [3.05, 3.63) is 89.3 Å². The molecule has 1 aliphatic rings. The Bertz CT molecular complexity index is 1230. The topological polar surface area (TPSA) is 81.7 Å². The van der Waals surface area contributed by atoms with Crippen molar-refractivity contribution in [3.8, 4) is 5.69 Å². The van der Waals surface area contributed by atoms with Crippen LogP contribution >= 0.6 is 0 Å². The molecule has 2 aromatic carbocycles. The van der Waals surface area contributed by atoms with E-state index in [4.69, 9.17) is 0 Å². The second kappa shape index (κ2) is 7.18. The number of carbonyl (C=O) groups is 1. The molecular weight excluding hydrogens is 385 g/mol. The molecule has 8 nitrogen and oxygen atoms in total. The zero-order valence-electron chi connectivity index (χ0n) is 16.2. The van der Waals surface area contributed by atoms with Crippen LogP contribution in [0.3, 0.4) is 0 Å². The summed E-state index contributed by atoms with van der Waals surface area (Å²) in [5.74, 6) is -0.907. The van der Waals surface area contributed by atoms with Gasteiger partial charge in [-0.15, -0.1) is 15.0 Å². The highest BCUT2D eigenvalue weighted by molar-refractivity contribution is 5.90. The van der Waals surface area contributed by atoms with E-state index in [1.54, 1.807) is 21.7 Å². The van der Waals surface area contributed by atoms with Gasteiger partial charge in [-0.25, -0.2) is 4.39 Å². The van der Waals surface area contributed by atoms with E-state index in [0.717, 1.165) is 15.9 Å². The van der Waals surface area contributed by atoms with Crippen LogP contribution in [0.1, 0.15) is 33.2 Å². The minimum atomic E-state index is -0.488. The van der Waals surface area contributed by atoms with Crippen LogP contribution in [0.5, 0.6) is 0 Å². The Morgan fingerprint density at radius 1 is 1.13 bits per heavy atom. The first-order valence-corrected chi connectivity index (χ1v) is 9.50. The molecule has 0 saturated heterocycles. The minimum Gasteiger partial charge on any atom is -0.331 e. The summed E-state index contributed by atoms with van der Waals surface area (Å²) in [6, 6.07) is 14.1. The molecule has 0 N–H and O–H groups in total. The van der Waals surface area contributed by atoms with Crippen LogP contribution in [0.4, 0.5) is 4.39 Å². The number of aryl methyl sites for hydroxylation is 1. The molecule has 5 rings (SSSR count). The van der Waals surface area contributed by atoms with Gasteiger partial charge in [-0.05, 0) is 34.0 Å². The summed E-state index contributed by atoms with van der Waals surface area (Å²) in [6.45, 7) is 0.912. The van der Waals surface area contributed by atoms with E-state index in [-0.39, 0.29) is 23.3 Å². The average molecular weight is 403 g/mol. The molecule has 2 aromatic heterocycles. The molecule has 30 heavy (non-hydrogen) atoms. The second-order valence-corrected chi connectivity index (χ2v) is 7.24. The number of para-hydroxylation sites is 1. The molecule has 1 atom stereocenters. The Morgan fingerprint density at radius 3 is 2.73 bits per heavy atom. The molecule has 1 amide bonds. The average Bonchev–Trinajstić information content (AvgIpc) is 3.42. The monoisotopic (exact) mass is 403 g/mol. The predicted molar refractivity (Wildman–Crippen MR) is 105 cm³/mol. The van der Waals surface area contributed by atoms with Gasteiger partial charge in [-0.2, -0.15) is 5.10 Å². The van der Waals surface area contributed by atoms with Crippen molar-refractivity contribution in [1.29, 1.82) is 0 Å². The normalized spacial score (nSPS) is 15.8.